The molecule has 0 aromatic carbocycles. The van der Waals surface area contributed by atoms with Crippen LogP contribution in [0.2, 0.25) is 0 Å². The number of hydrogen-bond acceptors (Lipinski definition) is 8. The molecule has 0 radical (unpaired) electrons. The molecule has 1 atom stereocenters. The van der Waals surface area contributed by atoms with E-state index in [4.69, 9.17) is 5.84 Å². The summed E-state index contributed by atoms with van der Waals surface area (Å²) < 4.78 is 0. The number of nitro groups is 1. The third-order valence-electron chi connectivity index (χ3n) is 3.43. The van der Waals surface area contributed by atoms with E-state index in [0.29, 0.717) is 13.0 Å². The second-order valence-electron chi connectivity index (χ2n) is 4.67. The van der Waals surface area contributed by atoms with Crippen molar-refractivity contribution in [2.75, 3.05) is 23.9 Å². The number of hydrazine groups is 1. The van der Waals surface area contributed by atoms with Crippen LogP contribution in [0.4, 0.5) is 17.5 Å². The van der Waals surface area contributed by atoms with Crippen molar-refractivity contribution >= 4 is 23.4 Å². The predicted octanol–water partition coefficient (Wildman–Crippen LogP) is -0.306. The highest BCUT2D eigenvalue weighted by atomic mass is 16.6. The normalized spacial score (nSPS) is 17.7. The number of nitrogens with zero attached hydrogens (tertiary/aromatic N) is 4. The summed E-state index contributed by atoms with van der Waals surface area (Å²) in [5, 5.41) is 13.9. The van der Waals surface area contributed by atoms with E-state index in [2.05, 4.69) is 20.7 Å². The van der Waals surface area contributed by atoms with Gasteiger partial charge in [-0.2, -0.15) is 4.98 Å². The second kappa shape index (κ2) is 5.87. The molecule has 1 fully saturated rings. The van der Waals surface area contributed by atoms with Crippen LogP contribution in [0.1, 0.15) is 18.5 Å². The van der Waals surface area contributed by atoms with Gasteiger partial charge in [0.15, 0.2) is 0 Å². The Morgan fingerprint density at radius 2 is 2.24 bits per heavy atom. The van der Waals surface area contributed by atoms with Gasteiger partial charge in [0.1, 0.15) is 11.7 Å². The zero-order valence-electron chi connectivity index (χ0n) is 11.8. The minimum absolute atomic E-state index is 0.0793. The summed E-state index contributed by atoms with van der Waals surface area (Å²) in [6.45, 7) is 2.02. The number of rotatable bonds is 4. The molecule has 4 N–H and O–H groups in total. The van der Waals surface area contributed by atoms with Crippen LogP contribution in [0, 0.1) is 17.0 Å². The van der Waals surface area contributed by atoms with E-state index in [1.54, 1.807) is 4.90 Å². The van der Waals surface area contributed by atoms with E-state index < -0.39 is 11.0 Å². The van der Waals surface area contributed by atoms with Crippen LogP contribution < -0.4 is 21.5 Å². The number of aryl methyl sites for hydroxylation is 1. The largest absolute Gasteiger partial charge is 0.357 e. The molecule has 0 spiro atoms. The number of nitrogen functional groups attached to an aromatic ring is 1. The van der Waals surface area contributed by atoms with Crippen LogP contribution in [0.15, 0.2) is 0 Å². The molecular formula is C11H17N7O3. The molecule has 1 aromatic heterocycles. The summed E-state index contributed by atoms with van der Waals surface area (Å²) in [5.41, 5.74) is 2.27. The number of anilines is 2. The maximum Gasteiger partial charge on any atom is 0.332 e. The van der Waals surface area contributed by atoms with Crippen molar-refractivity contribution in [1.29, 1.82) is 0 Å². The number of aromatic nitrogens is 2. The van der Waals surface area contributed by atoms with E-state index >= 15 is 0 Å². The van der Waals surface area contributed by atoms with Crippen LogP contribution in [0.5, 0.6) is 0 Å². The summed E-state index contributed by atoms with van der Waals surface area (Å²) in [4.78, 5) is 32.3. The monoisotopic (exact) mass is 295 g/mol. The highest BCUT2D eigenvalue weighted by Gasteiger charge is 2.36. The lowest BCUT2D eigenvalue weighted by atomic mass is 10.2. The van der Waals surface area contributed by atoms with Gasteiger partial charge in [0.25, 0.3) is 0 Å². The average Bonchev–Trinajstić information content (AvgIpc) is 2.94. The Balaban J connectivity index is 2.53. The number of nitrogens with two attached hydrogens (primary N) is 1. The SMILES string of the molecule is CNC(=O)C1CCCN1c1nc(NN)nc(C)c1[N+](=O)[O-]. The van der Waals surface area contributed by atoms with E-state index in [1.807, 2.05) is 0 Å². The van der Waals surface area contributed by atoms with E-state index in [0.717, 1.165) is 6.42 Å². The molecule has 1 aliphatic heterocycles. The number of amides is 1. The fraction of sp³-hybridized carbons (Fsp3) is 0.545. The first-order valence-corrected chi connectivity index (χ1v) is 6.47. The van der Waals surface area contributed by atoms with Gasteiger partial charge in [-0.3, -0.25) is 20.3 Å². The van der Waals surface area contributed by atoms with Crippen LogP contribution in [0.25, 0.3) is 0 Å². The lowest BCUT2D eigenvalue weighted by Gasteiger charge is -2.24. The van der Waals surface area contributed by atoms with Crippen LogP contribution >= 0.6 is 0 Å². The summed E-state index contributed by atoms with van der Waals surface area (Å²) in [7, 11) is 1.53. The number of carbonyl (C=O) groups excluding carboxylic acids is 1. The summed E-state index contributed by atoms with van der Waals surface area (Å²) in [6.07, 6.45) is 1.37. The molecule has 10 heteroatoms. The highest BCUT2D eigenvalue weighted by Crippen LogP contribution is 2.34. The number of nitrogens with one attached hydrogen (secondary N) is 2. The first-order valence-electron chi connectivity index (χ1n) is 6.47. The first kappa shape index (κ1) is 14.9. The van der Waals surface area contributed by atoms with Gasteiger partial charge in [-0.1, -0.05) is 0 Å². The molecule has 114 valence electrons. The number of likely N-dealkylation sites (N-methyl/N-ethyl adjacent to an activating group) is 1. The first-order chi connectivity index (χ1) is 9.99. The third kappa shape index (κ3) is 2.70. The van der Waals surface area contributed by atoms with E-state index in [-0.39, 0.29) is 29.1 Å². The van der Waals surface area contributed by atoms with Crippen molar-refractivity contribution in [2.24, 2.45) is 5.84 Å². The number of hydrogen-bond donors (Lipinski definition) is 3. The second-order valence-corrected chi connectivity index (χ2v) is 4.67. The van der Waals surface area contributed by atoms with Gasteiger partial charge in [-0.05, 0) is 19.8 Å². The topological polar surface area (TPSA) is 139 Å². The standard InChI is InChI=1S/C11H17N7O3/c1-6-8(18(20)21)9(15-11(14-6)16-12)17-5-3-4-7(17)10(19)13-2/h7H,3-5,12H2,1-2H3,(H,13,19)(H,14,15,16). The third-order valence-corrected chi connectivity index (χ3v) is 3.43. The molecule has 1 saturated heterocycles. The Kier molecular flexibility index (Phi) is 4.17. The Hall–Kier alpha value is -2.49. The van der Waals surface area contributed by atoms with Gasteiger partial charge in [0.05, 0.1) is 4.92 Å². The minimum Gasteiger partial charge on any atom is -0.357 e. The molecule has 21 heavy (non-hydrogen) atoms. The molecule has 0 bridgehead atoms. The molecule has 1 aromatic rings. The van der Waals surface area contributed by atoms with Crippen molar-refractivity contribution in [1.82, 2.24) is 15.3 Å². The fourth-order valence-electron chi connectivity index (χ4n) is 2.49. The van der Waals surface area contributed by atoms with Gasteiger partial charge in [-0.25, -0.2) is 10.8 Å². The van der Waals surface area contributed by atoms with Crippen molar-refractivity contribution in [3.05, 3.63) is 15.8 Å². The van der Waals surface area contributed by atoms with Gasteiger partial charge in [-0.15, -0.1) is 0 Å². The molecule has 0 aliphatic carbocycles. The Labute approximate surface area is 120 Å². The molecule has 2 rings (SSSR count). The Morgan fingerprint density at radius 3 is 2.81 bits per heavy atom. The Morgan fingerprint density at radius 1 is 1.52 bits per heavy atom. The molecule has 1 amide bonds. The Bertz CT molecular complexity index is 577. The van der Waals surface area contributed by atoms with Crippen molar-refractivity contribution in [3.63, 3.8) is 0 Å². The average molecular weight is 295 g/mol. The smallest absolute Gasteiger partial charge is 0.332 e. The maximum absolute atomic E-state index is 11.9. The predicted molar refractivity (Wildman–Crippen MR) is 75.7 cm³/mol. The van der Waals surface area contributed by atoms with Crippen LogP contribution in [0.3, 0.4) is 0 Å². The zero-order chi connectivity index (χ0) is 15.6. The van der Waals surface area contributed by atoms with Crippen molar-refractivity contribution < 1.29 is 9.72 Å². The van der Waals surface area contributed by atoms with Crippen molar-refractivity contribution in [2.45, 2.75) is 25.8 Å². The molecular weight excluding hydrogens is 278 g/mol. The molecule has 2 heterocycles. The quantitative estimate of drug-likeness (QED) is 0.390. The summed E-state index contributed by atoms with van der Waals surface area (Å²) in [6, 6.07) is -0.478. The summed E-state index contributed by atoms with van der Waals surface area (Å²) in [5.74, 6) is 5.29. The van der Waals surface area contributed by atoms with Crippen LogP contribution in [-0.4, -0.2) is 40.4 Å². The molecule has 0 saturated carbocycles. The van der Waals surface area contributed by atoms with Gasteiger partial charge >= 0.3 is 5.69 Å². The van der Waals surface area contributed by atoms with Gasteiger partial charge in [0, 0.05) is 13.6 Å². The van der Waals surface area contributed by atoms with E-state index in [9.17, 15) is 14.9 Å². The van der Waals surface area contributed by atoms with E-state index in [1.165, 1.54) is 14.0 Å². The zero-order valence-corrected chi connectivity index (χ0v) is 11.8. The highest BCUT2D eigenvalue weighted by molar-refractivity contribution is 5.86. The number of carbonyl (C=O) groups is 1. The minimum atomic E-state index is -0.538. The summed E-state index contributed by atoms with van der Waals surface area (Å²) >= 11 is 0. The fourth-order valence-corrected chi connectivity index (χ4v) is 2.49. The lowest BCUT2D eigenvalue weighted by molar-refractivity contribution is -0.385. The van der Waals surface area contributed by atoms with Crippen LogP contribution in [-0.2, 0) is 4.79 Å². The molecule has 1 aliphatic rings. The lowest BCUT2D eigenvalue weighted by Crippen LogP contribution is -2.42. The van der Waals surface area contributed by atoms with Gasteiger partial charge in [0.2, 0.25) is 17.7 Å². The molecule has 10 nitrogen and oxygen atoms in total. The van der Waals surface area contributed by atoms with Gasteiger partial charge < -0.3 is 10.2 Å². The molecule has 1 unspecified atom stereocenters. The van der Waals surface area contributed by atoms with Crippen molar-refractivity contribution in [3.8, 4) is 0 Å². The maximum atomic E-state index is 11.9.